The van der Waals surface area contributed by atoms with Crippen molar-refractivity contribution in [2.24, 2.45) is 10.8 Å². The van der Waals surface area contributed by atoms with Crippen molar-refractivity contribution in [3.8, 4) is 0 Å². The predicted octanol–water partition coefficient (Wildman–Crippen LogP) is 1.77. The van der Waals surface area contributed by atoms with Gasteiger partial charge in [-0.15, -0.1) is 0 Å². The van der Waals surface area contributed by atoms with Crippen molar-refractivity contribution in [1.29, 1.82) is 0 Å². The Morgan fingerprint density at radius 2 is 2.12 bits per heavy atom. The highest BCUT2D eigenvalue weighted by molar-refractivity contribution is 5.33. The standard InChI is InChI=1S/C9H11N5O2/c10-6-8(12-13-11)5-7-1-3-9(4-2-7)14(15)16/h1-4,8H,5-6,10H2/t8-/m0/s1. The molecular weight excluding hydrogens is 210 g/mol. The Morgan fingerprint density at radius 1 is 1.50 bits per heavy atom. The van der Waals surface area contributed by atoms with E-state index in [9.17, 15) is 10.1 Å². The third-order valence-corrected chi connectivity index (χ3v) is 2.11. The Hall–Kier alpha value is -2.11. The van der Waals surface area contributed by atoms with Crippen molar-refractivity contribution in [3.63, 3.8) is 0 Å². The number of hydrogen-bond acceptors (Lipinski definition) is 4. The van der Waals surface area contributed by atoms with Gasteiger partial charge in [0.15, 0.2) is 0 Å². The van der Waals surface area contributed by atoms with Crippen molar-refractivity contribution in [1.82, 2.24) is 0 Å². The van der Waals surface area contributed by atoms with Crippen molar-refractivity contribution in [2.45, 2.75) is 12.5 Å². The first-order chi connectivity index (χ1) is 7.67. The summed E-state index contributed by atoms with van der Waals surface area (Å²) >= 11 is 0. The quantitative estimate of drug-likeness (QED) is 0.268. The third-order valence-electron chi connectivity index (χ3n) is 2.11. The molecule has 2 N–H and O–H groups in total. The van der Waals surface area contributed by atoms with E-state index in [1.807, 2.05) is 0 Å². The normalized spacial score (nSPS) is 11.6. The number of benzene rings is 1. The van der Waals surface area contributed by atoms with Gasteiger partial charge in [-0.3, -0.25) is 10.1 Å². The van der Waals surface area contributed by atoms with Crippen LogP contribution in [0.1, 0.15) is 5.56 Å². The summed E-state index contributed by atoms with van der Waals surface area (Å²) in [5.41, 5.74) is 14.6. The summed E-state index contributed by atoms with van der Waals surface area (Å²) in [5, 5.41) is 13.9. The molecule has 0 aromatic heterocycles. The Kier molecular flexibility index (Phi) is 4.26. The van der Waals surface area contributed by atoms with Crippen LogP contribution in [0, 0.1) is 10.1 Å². The number of nitro groups is 1. The van der Waals surface area contributed by atoms with Gasteiger partial charge in [0.25, 0.3) is 5.69 Å². The molecular formula is C9H11N5O2. The SMILES string of the molecule is [N-]=[N+]=N[C@H](CN)Cc1ccc([N+](=O)[O-])cc1. The lowest BCUT2D eigenvalue weighted by Gasteiger charge is -2.07. The summed E-state index contributed by atoms with van der Waals surface area (Å²) in [5.74, 6) is 0. The third kappa shape index (κ3) is 3.23. The molecule has 0 saturated carbocycles. The molecule has 0 fully saturated rings. The van der Waals surface area contributed by atoms with Gasteiger partial charge in [0.1, 0.15) is 0 Å². The molecule has 0 aliphatic rings. The van der Waals surface area contributed by atoms with E-state index in [2.05, 4.69) is 10.0 Å². The molecule has 0 heterocycles. The summed E-state index contributed by atoms with van der Waals surface area (Å²) in [7, 11) is 0. The van der Waals surface area contributed by atoms with Crippen LogP contribution < -0.4 is 5.73 Å². The molecule has 0 amide bonds. The molecule has 1 atom stereocenters. The van der Waals surface area contributed by atoms with Gasteiger partial charge in [0, 0.05) is 23.6 Å². The van der Waals surface area contributed by atoms with Crippen LogP contribution in [0.5, 0.6) is 0 Å². The second kappa shape index (κ2) is 5.69. The fourth-order valence-corrected chi connectivity index (χ4v) is 1.27. The zero-order chi connectivity index (χ0) is 12.0. The van der Waals surface area contributed by atoms with Crippen LogP contribution >= 0.6 is 0 Å². The first kappa shape index (κ1) is 12.0. The van der Waals surface area contributed by atoms with E-state index in [4.69, 9.17) is 11.3 Å². The van der Waals surface area contributed by atoms with Crippen molar-refractivity contribution in [2.75, 3.05) is 6.54 Å². The first-order valence-corrected chi connectivity index (χ1v) is 4.65. The van der Waals surface area contributed by atoms with Gasteiger partial charge in [-0.1, -0.05) is 17.2 Å². The van der Waals surface area contributed by atoms with Gasteiger partial charge in [0.2, 0.25) is 0 Å². The van der Waals surface area contributed by atoms with Crippen LogP contribution in [0.15, 0.2) is 29.4 Å². The molecule has 16 heavy (non-hydrogen) atoms. The minimum absolute atomic E-state index is 0.0387. The Bertz CT molecular complexity index is 410. The summed E-state index contributed by atoms with van der Waals surface area (Å²) in [6, 6.07) is 5.78. The molecule has 0 aliphatic carbocycles. The van der Waals surface area contributed by atoms with E-state index in [1.54, 1.807) is 12.1 Å². The monoisotopic (exact) mass is 221 g/mol. The number of non-ortho nitro benzene ring substituents is 1. The molecule has 7 nitrogen and oxygen atoms in total. The number of rotatable bonds is 5. The topological polar surface area (TPSA) is 118 Å². The van der Waals surface area contributed by atoms with Crippen molar-refractivity contribution < 1.29 is 4.92 Å². The molecule has 1 rings (SSSR count). The second-order valence-electron chi connectivity index (χ2n) is 3.22. The number of hydrogen-bond donors (Lipinski definition) is 1. The van der Waals surface area contributed by atoms with Gasteiger partial charge in [0.05, 0.1) is 11.0 Å². The van der Waals surface area contributed by atoms with Crippen LogP contribution in [0.3, 0.4) is 0 Å². The molecule has 0 radical (unpaired) electrons. The number of nitrogens with two attached hydrogens (primary N) is 1. The van der Waals surface area contributed by atoms with Gasteiger partial charge in [-0.25, -0.2) is 0 Å². The highest BCUT2D eigenvalue weighted by atomic mass is 16.6. The van der Waals surface area contributed by atoms with E-state index >= 15 is 0 Å². The maximum Gasteiger partial charge on any atom is 0.269 e. The highest BCUT2D eigenvalue weighted by Crippen LogP contribution is 2.13. The van der Waals surface area contributed by atoms with Crippen LogP contribution in [0.25, 0.3) is 10.4 Å². The van der Waals surface area contributed by atoms with Crippen molar-refractivity contribution in [3.05, 3.63) is 50.4 Å². The minimum atomic E-state index is -0.461. The molecule has 0 aliphatic heterocycles. The molecule has 0 bridgehead atoms. The highest BCUT2D eigenvalue weighted by Gasteiger charge is 2.07. The molecule has 0 unspecified atom stereocenters. The molecule has 0 saturated heterocycles. The number of nitro benzene ring substituents is 1. The smallest absolute Gasteiger partial charge is 0.269 e. The zero-order valence-electron chi connectivity index (χ0n) is 8.48. The van der Waals surface area contributed by atoms with E-state index in [1.165, 1.54) is 12.1 Å². The molecule has 7 heteroatoms. The maximum absolute atomic E-state index is 10.4. The summed E-state index contributed by atoms with van der Waals surface area (Å²) in [6.45, 7) is 0.251. The molecule has 1 aromatic carbocycles. The maximum atomic E-state index is 10.4. The minimum Gasteiger partial charge on any atom is -0.330 e. The summed E-state index contributed by atoms with van der Waals surface area (Å²) in [6.07, 6.45) is 0.485. The van der Waals surface area contributed by atoms with E-state index < -0.39 is 4.92 Å². The lowest BCUT2D eigenvalue weighted by Crippen LogP contribution is -2.19. The van der Waals surface area contributed by atoms with E-state index in [0.717, 1.165) is 5.56 Å². The molecule has 0 spiro atoms. The van der Waals surface area contributed by atoms with Crippen LogP contribution in [0.4, 0.5) is 5.69 Å². The average Bonchev–Trinajstić information content (AvgIpc) is 2.29. The Labute approximate surface area is 91.7 Å². The van der Waals surface area contributed by atoms with Crippen LogP contribution in [-0.2, 0) is 6.42 Å². The summed E-state index contributed by atoms with van der Waals surface area (Å²) < 4.78 is 0. The predicted molar refractivity (Wildman–Crippen MR) is 58.8 cm³/mol. The lowest BCUT2D eigenvalue weighted by atomic mass is 10.1. The van der Waals surface area contributed by atoms with Gasteiger partial charge in [-0.05, 0) is 17.5 Å². The lowest BCUT2D eigenvalue weighted by molar-refractivity contribution is -0.384. The number of azide groups is 1. The fourth-order valence-electron chi connectivity index (χ4n) is 1.27. The van der Waals surface area contributed by atoms with Crippen LogP contribution in [-0.4, -0.2) is 17.5 Å². The van der Waals surface area contributed by atoms with Gasteiger partial charge < -0.3 is 5.73 Å². The van der Waals surface area contributed by atoms with Gasteiger partial charge in [-0.2, -0.15) is 0 Å². The number of nitrogens with zero attached hydrogens (tertiary/aromatic N) is 4. The Balaban J connectivity index is 2.74. The largest absolute Gasteiger partial charge is 0.330 e. The average molecular weight is 221 g/mol. The van der Waals surface area contributed by atoms with Crippen molar-refractivity contribution >= 4 is 5.69 Å². The van der Waals surface area contributed by atoms with E-state index in [-0.39, 0.29) is 18.3 Å². The zero-order valence-corrected chi connectivity index (χ0v) is 8.48. The molecule has 84 valence electrons. The fraction of sp³-hybridized carbons (Fsp3) is 0.333. The van der Waals surface area contributed by atoms with Crippen LogP contribution in [0.2, 0.25) is 0 Å². The second-order valence-corrected chi connectivity index (χ2v) is 3.22. The first-order valence-electron chi connectivity index (χ1n) is 4.65. The summed E-state index contributed by atoms with van der Waals surface area (Å²) in [4.78, 5) is 12.6. The van der Waals surface area contributed by atoms with Gasteiger partial charge >= 0.3 is 0 Å². The molecule has 1 aromatic rings. The van der Waals surface area contributed by atoms with E-state index in [0.29, 0.717) is 6.42 Å². The Morgan fingerprint density at radius 3 is 2.56 bits per heavy atom.